The van der Waals surface area contributed by atoms with Gasteiger partial charge in [0, 0.05) is 18.8 Å². The van der Waals surface area contributed by atoms with Crippen LogP contribution in [0, 0.1) is 23.7 Å². The number of hydrogen-bond acceptors (Lipinski definition) is 5. The zero-order chi connectivity index (χ0) is 21.6. The van der Waals surface area contributed by atoms with Crippen LogP contribution < -0.4 is 0 Å². The molecule has 0 aromatic heterocycles. The molecule has 2 N–H and O–H groups in total. The van der Waals surface area contributed by atoms with Crippen LogP contribution in [0.2, 0.25) is 0 Å². The Bertz CT molecular complexity index is 664. The third-order valence-corrected chi connectivity index (χ3v) is 6.26. The first kappa shape index (κ1) is 23.3. The highest BCUT2D eigenvalue weighted by Crippen LogP contribution is 2.43. The van der Waals surface area contributed by atoms with Gasteiger partial charge < -0.3 is 14.9 Å². The summed E-state index contributed by atoms with van der Waals surface area (Å²) in [5.41, 5.74) is 1.18. The number of hydrogen-bond donors (Lipinski definition) is 2. The fraction of sp³-hybridized carbons (Fsp3) is 0.696. The van der Waals surface area contributed by atoms with Crippen molar-refractivity contribution >= 4 is 17.7 Å². The van der Waals surface area contributed by atoms with E-state index in [4.69, 9.17) is 9.84 Å². The van der Waals surface area contributed by atoms with Gasteiger partial charge in [-0.15, -0.1) is 0 Å². The molecule has 2 rings (SSSR count). The van der Waals surface area contributed by atoms with Crippen molar-refractivity contribution in [2.24, 2.45) is 23.7 Å². The number of aliphatic hydroxyl groups is 1. The predicted molar refractivity (Wildman–Crippen MR) is 109 cm³/mol. The Hall–Kier alpha value is -1.95. The molecule has 0 radical (unpaired) electrons. The van der Waals surface area contributed by atoms with E-state index < -0.39 is 18.5 Å². The van der Waals surface area contributed by atoms with Crippen LogP contribution in [0.4, 0.5) is 0 Å². The van der Waals surface area contributed by atoms with Crippen molar-refractivity contribution in [3.63, 3.8) is 0 Å². The SMILES string of the molecule is CC[C@H](C)C(=O)O[C@H]1CCC=C2C=C[C@H](C)[C@H](CCC(=O)C[C@@H](O)CC(=O)O)C21. The molecule has 0 saturated carbocycles. The summed E-state index contributed by atoms with van der Waals surface area (Å²) in [4.78, 5) is 35.3. The highest BCUT2D eigenvalue weighted by atomic mass is 16.5. The van der Waals surface area contributed by atoms with E-state index in [-0.39, 0.29) is 54.4 Å². The summed E-state index contributed by atoms with van der Waals surface area (Å²) < 4.78 is 5.90. The number of ether oxygens (including phenoxy) is 1. The van der Waals surface area contributed by atoms with Crippen LogP contribution in [0.1, 0.15) is 65.7 Å². The van der Waals surface area contributed by atoms with Gasteiger partial charge >= 0.3 is 11.9 Å². The number of fused-ring (bicyclic) bond motifs is 1. The fourth-order valence-electron chi connectivity index (χ4n) is 4.35. The summed E-state index contributed by atoms with van der Waals surface area (Å²) in [5.74, 6) is -1.04. The largest absolute Gasteiger partial charge is 0.481 e. The molecule has 2 aliphatic rings. The van der Waals surface area contributed by atoms with Gasteiger partial charge in [-0.3, -0.25) is 14.4 Å². The Morgan fingerprint density at radius 1 is 1.28 bits per heavy atom. The summed E-state index contributed by atoms with van der Waals surface area (Å²) in [5, 5.41) is 18.4. The van der Waals surface area contributed by atoms with Crippen LogP contribution in [-0.4, -0.2) is 40.1 Å². The van der Waals surface area contributed by atoms with E-state index in [2.05, 4.69) is 25.2 Å². The number of Topliss-reactive ketones (excluding diaryl/α,β-unsaturated/α-hetero) is 1. The number of allylic oxidation sites excluding steroid dienone is 3. The van der Waals surface area contributed by atoms with Gasteiger partial charge in [-0.05, 0) is 43.1 Å². The van der Waals surface area contributed by atoms with Crippen molar-refractivity contribution in [2.75, 3.05) is 0 Å². The van der Waals surface area contributed by atoms with E-state index in [0.29, 0.717) is 6.42 Å². The summed E-state index contributed by atoms with van der Waals surface area (Å²) in [6.07, 6.45) is 7.91. The Kier molecular flexibility index (Phi) is 8.62. The van der Waals surface area contributed by atoms with Gasteiger partial charge in [0.25, 0.3) is 0 Å². The maximum absolute atomic E-state index is 12.4. The van der Waals surface area contributed by atoms with Gasteiger partial charge in [-0.2, -0.15) is 0 Å². The first-order chi connectivity index (χ1) is 13.7. The molecule has 29 heavy (non-hydrogen) atoms. The molecule has 0 spiro atoms. The summed E-state index contributed by atoms with van der Waals surface area (Å²) >= 11 is 0. The minimum Gasteiger partial charge on any atom is -0.481 e. The first-order valence-corrected chi connectivity index (χ1v) is 10.7. The lowest BCUT2D eigenvalue weighted by molar-refractivity contribution is -0.158. The van der Waals surface area contributed by atoms with Crippen molar-refractivity contribution in [3.05, 3.63) is 23.8 Å². The molecular formula is C23H34O6. The number of carboxylic acid groups (broad SMARTS) is 1. The Balaban J connectivity index is 2.04. The molecular weight excluding hydrogens is 372 g/mol. The minimum absolute atomic E-state index is 0.0773. The van der Waals surface area contributed by atoms with E-state index >= 15 is 0 Å². The summed E-state index contributed by atoms with van der Waals surface area (Å²) in [6, 6.07) is 0. The highest BCUT2D eigenvalue weighted by Gasteiger charge is 2.40. The topological polar surface area (TPSA) is 101 Å². The molecule has 0 aromatic carbocycles. The number of ketones is 1. The van der Waals surface area contributed by atoms with Crippen molar-refractivity contribution in [3.8, 4) is 0 Å². The molecule has 0 heterocycles. The third kappa shape index (κ3) is 6.53. The number of aliphatic carboxylic acids is 1. The van der Waals surface area contributed by atoms with E-state index in [9.17, 15) is 19.5 Å². The minimum atomic E-state index is -1.14. The van der Waals surface area contributed by atoms with Crippen LogP contribution in [0.25, 0.3) is 0 Å². The van der Waals surface area contributed by atoms with E-state index in [1.54, 1.807) is 0 Å². The summed E-state index contributed by atoms with van der Waals surface area (Å²) in [7, 11) is 0. The average molecular weight is 407 g/mol. The molecule has 0 amide bonds. The van der Waals surface area contributed by atoms with Gasteiger partial charge in [0.15, 0.2) is 0 Å². The van der Waals surface area contributed by atoms with Crippen LogP contribution in [0.15, 0.2) is 23.8 Å². The first-order valence-electron chi connectivity index (χ1n) is 10.7. The Morgan fingerprint density at radius 2 is 2.00 bits per heavy atom. The summed E-state index contributed by atoms with van der Waals surface area (Å²) in [6.45, 7) is 5.96. The molecule has 0 aliphatic heterocycles. The molecule has 0 aromatic rings. The number of carbonyl (C=O) groups is 3. The van der Waals surface area contributed by atoms with Crippen molar-refractivity contribution < 1.29 is 29.3 Å². The monoisotopic (exact) mass is 406 g/mol. The van der Waals surface area contributed by atoms with Gasteiger partial charge in [0.2, 0.25) is 0 Å². The zero-order valence-corrected chi connectivity index (χ0v) is 17.7. The average Bonchev–Trinajstić information content (AvgIpc) is 2.66. The highest BCUT2D eigenvalue weighted by molar-refractivity contribution is 5.79. The molecule has 1 unspecified atom stereocenters. The van der Waals surface area contributed by atoms with Gasteiger partial charge in [0.1, 0.15) is 11.9 Å². The van der Waals surface area contributed by atoms with E-state index in [1.165, 1.54) is 5.57 Å². The van der Waals surface area contributed by atoms with E-state index in [0.717, 1.165) is 19.3 Å². The standard InChI is InChI=1S/C23H34O6/c1-4-14(2)23(28)29-20-7-5-6-16-9-8-15(3)19(22(16)20)11-10-17(24)12-18(25)13-21(26)27/h6,8-9,14-15,18-20,22,25H,4-5,7,10-13H2,1-3H3,(H,26,27)/t14-,15-,18+,19-,20-,22?/m0/s1. The number of carbonyl (C=O) groups excluding carboxylic acids is 2. The molecule has 0 bridgehead atoms. The quantitative estimate of drug-likeness (QED) is 0.537. The molecule has 2 aliphatic carbocycles. The van der Waals surface area contributed by atoms with Gasteiger partial charge in [-0.1, -0.05) is 39.0 Å². The van der Waals surface area contributed by atoms with Crippen molar-refractivity contribution in [2.45, 2.75) is 77.9 Å². The van der Waals surface area contributed by atoms with Gasteiger partial charge in [-0.25, -0.2) is 0 Å². The van der Waals surface area contributed by atoms with Gasteiger partial charge in [0.05, 0.1) is 18.4 Å². The van der Waals surface area contributed by atoms with E-state index in [1.807, 2.05) is 13.8 Å². The Labute approximate surface area is 173 Å². The number of esters is 1. The van der Waals surface area contributed by atoms with Crippen molar-refractivity contribution in [1.29, 1.82) is 0 Å². The fourth-order valence-corrected chi connectivity index (χ4v) is 4.35. The molecule has 6 atom stereocenters. The normalized spacial score (nSPS) is 28.1. The lowest BCUT2D eigenvalue weighted by Crippen LogP contribution is -2.40. The lowest BCUT2D eigenvalue weighted by Gasteiger charge is -2.41. The number of rotatable bonds is 10. The molecule has 162 valence electrons. The maximum atomic E-state index is 12.4. The second kappa shape index (κ2) is 10.7. The van der Waals surface area contributed by atoms with Crippen LogP contribution in [-0.2, 0) is 19.1 Å². The molecule has 0 fully saturated rings. The van der Waals surface area contributed by atoms with Crippen LogP contribution in [0.3, 0.4) is 0 Å². The van der Waals surface area contributed by atoms with Crippen LogP contribution in [0.5, 0.6) is 0 Å². The zero-order valence-electron chi connectivity index (χ0n) is 17.7. The second-order valence-electron chi connectivity index (χ2n) is 8.51. The lowest BCUT2D eigenvalue weighted by atomic mass is 9.66. The third-order valence-electron chi connectivity index (χ3n) is 6.26. The molecule has 6 nitrogen and oxygen atoms in total. The van der Waals surface area contributed by atoms with Crippen molar-refractivity contribution in [1.82, 2.24) is 0 Å². The predicted octanol–water partition coefficient (Wildman–Crippen LogP) is 3.68. The number of aliphatic hydroxyl groups excluding tert-OH is 1. The maximum Gasteiger partial charge on any atom is 0.308 e. The second-order valence-corrected chi connectivity index (χ2v) is 8.51. The Morgan fingerprint density at radius 3 is 2.66 bits per heavy atom. The molecule has 0 saturated heterocycles. The molecule has 6 heteroatoms. The smallest absolute Gasteiger partial charge is 0.308 e. The van der Waals surface area contributed by atoms with Crippen LogP contribution >= 0.6 is 0 Å². The number of carboxylic acids is 1.